The highest BCUT2D eigenvalue weighted by molar-refractivity contribution is 4.92. The minimum atomic E-state index is -0.219. The molecule has 0 spiro atoms. The van der Waals surface area contributed by atoms with Gasteiger partial charge in [0.15, 0.2) is 0 Å². The molecule has 1 rings (SSSR count). The lowest BCUT2D eigenvalue weighted by atomic mass is 9.93. The van der Waals surface area contributed by atoms with E-state index in [4.69, 9.17) is 9.47 Å². The van der Waals surface area contributed by atoms with Gasteiger partial charge in [0.25, 0.3) is 0 Å². The Balaban J connectivity index is 2.55. The standard InChI is InChI=1S/C15H32N2O3/c1-6-7-16-15(3,11-18)8-12(2)17-9-13(19-4)14(10-17)20-5/h12-14,16,18H,6-11H2,1-5H3. The maximum Gasteiger partial charge on any atom is 0.0971 e. The number of likely N-dealkylation sites (tertiary alicyclic amines) is 1. The van der Waals surface area contributed by atoms with E-state index in [1.807, 2.05) is 0 Å². The molecule has 1 saturated heterocycles. The van der Waals surface area contributed by atoms with E-state index in [2.05, 4.69) is 31.0 Å². The Bertz CT molecular complexity index is 266. The van der Waals surface area contributed by atoms with Gasteiger partial charge in [-0.1, -0.05) is 6.92 Å². The Labute approximate surface area is 123 Å². The first-order valence-electron chi connectivity index (χ1n) is 7.65. The van der Waals surface area contributed by atoms with Crippen LogP contribution in [0.2, 0.25) is 0 Å². The van der Waals surface area contributed by atoms with Gasteiger partial charge in [-0.05, 0) is 33.2 Å². The highest BCUT2D eigenvalue weighted by atomic mass is 16.5. The van der Waals surface area contributed by atoms with E-state index in [1.165, 1.54) is 0 Å². The summed E-state index contributed by atoms with van der Waals surface area (Å²) in [5, 5.41) is 13.1. The van der Waals surface area contributed by atoms with E-state index < -0.39 is 0 Å². The van der Waals surface area contributed by atoms with Crippen LogP contribution in [-0.4, -0.2) is 74.3 Å². The zero-order valence-corrected chi connectivity index (χ0v) is 13.7. The smallest absolute Gasteiger partial charge is 0.0971 e. The highest BCUT2D eigenvalue weighted by Gasteiger charge is 2.37. The molecular formula is C15H32N2O3. The molecule has 1 aliphatic heterocycles. The molecule has 0 amide bonds. The minimum Gasteiger partial charge on any atom is -0.394 e. The second kappa shape index (κ2) is 8.29. The fraction of sp³-hybridized carbons (Fsp3) is 1.00. The summed E-state index contributed by atoms with van der Waals surface area (Å²) in [4.78, 5) is 2.39. The zero-order chi connectivity index (χ0) is 15.2. The van der Waals surface area contributed by atoms with Crippen molar-refractivity contribution in [2.45, 2.75) is 57.4 Å². The molecule has 4 atom stereocenters. The Morgan fingerprint density at radius 3 is 2.25 bits per heavy atom. The van der Waals surface area contributed by atoms with Gasteiger partial charge < -0.3 is 19.9 Å². The molecule has 5 nitrogen and oxygen atoms in total. The molecule has 5 heteroatoms. The molecule has 1 fully saturated rings. The third-order valence-corrected chi connectivity index (χ3v) is 4.37. The number of methoxy groups -OCH3 is 2. The molecule has 2 N–H and O–H groups in total. The van der Waals surface area contributed by atoms with Crippen LogP contribution in [0.4, 0.5) is 0 Å². The average molecular weight is 288 g/mol. The summed E-state index contributed by atoms with van der Waals surface area (Å²) in [5.74, 6) is 0. The number of nitrogens with zero attached hydrogens (tertiary/aromatic N) is 1. The predicted octanol–water partition coefficient (Wildman–Crippen LogP) is 0.861. The molecule has 20 heavy (non-hydrogen) atoms. The summed E-state index contributed by atoms with van der Waals surface area (Å²) in [6.45, 7) is 9.33. The summed E-state index contributed by atoms with van der Waals surface area (Å²) in [6, 6.07) is 0.384. The maximum atomic E-state index is 9.67. The number of hydrogen-bond donors (Lipinski definition) is 2. The van der Waals surface area contributed by atoms with Crippen LogP contribution < -0.4 is 5.32 Å². The lowest BCUT2D eigenvalue weighted by Gasteiger charge is -2.35. The average Bonchev–Trinajstić information content (AvgIpc) is 2.88. The first kappa shape index (κ1) is 17.9. The largest absolute Gasteiger partial charge is 0.394 e. The van der Waals surface area contributed by atoms with Crippen LogP contribution in [0.1, 0.15) is 33.6 Å². The van der Waals surface area contributed by atoms with E-state index in [1.54, 1.807) is 14.2 Å². The maximum absolute atomic E-state index is 9.67. The molecule has 120 valence electrons. The Morgan fingerprint density at radius 2 is 1.85 bits per heavy atom. The van der Waals surface area contributed by atoms with Crippen molar-refractivity contribution in [3.05, 3.63) is 0 Å². The molecule has 0 aromatic heterocycles. The summed E-state index contributed by atoms with van der Waals surface area (Å²) in [5.41, 5.74) is -0.219. The summed E-state index contributed by atoms with van der Waals surface area (Å²) < 4.78 is 11.0. The molecule has 0 aromatic rings. The van der Waals surface area contributed by atoms with Crippen LogP contribution in [-0.2, 0) is 9.47 Å². The van der Waals surface area contributed by atoms with Crippen LogP contribution in [0.25, 0.3) is 0 Å². The van der Waals surface area contributed by atoms with E-state index in [0.717, 1.165) is 32.5 Å². The molecular weight excluding hydrogens is 256 g/mol. The van der Waals surface area contributed by atoms with E-state index in [-0.39, 0.29) is 24.4 Å². The van der Waals surface area contributed by atoms with Gasteiger partial charge in [0.2, 0.25) is 0 Å². The number of nitrogens with one attached hydrogen (secondary N) is 1. The second-order valence-corrected chi connectivity index (χ2v) is 6.20. The number of aliphatic hydroxyl groups excluding tert-OH is 1. The molecule has 1 aliphatic rings. The fourth-order valence-corrected chi connectivity index (χ4v) is 2.98. The van der Waals surface area contributed by atoms with Crippen molar-refractivity contribution >= 4 is 0 Å². The van der Waals surface area contributed by atoms with E-state index >= 15 is 0 Å². The quantitative estimate of drug-likeness (QED) is 0.659. The lowest BCUT2D eigenvalue weighted by molar-refractivity contribution is -0.00461. The van der Waals surface area contributed by atoms with Crippen molar-refractivity contribution in [1.82, 2.24) is 10.2 Å². The zero-order valence-electron chi connectivity index (χ0n) is 13.7. The van der Waals surface area contributed by atoms with E-state index in [0.29, 0.717) is 6.04 Å². The molecule has 0 aromatic carbocycles. The molecule has 0 saturated carbocycles. The van der Waals surface area contributed by atoms with Crippen molar-refractivity contribution in [2.75, 3.05) is 40.5 Å². The fourth-order valence-electron chi connectivity index (χ4n) is 2.98. The lowest BCUT2D eigenvalue weighted by Crippen LogP contribution is -2.50. The third-order valence-electron chi connectivity index (χ3n) is 4.37. The highest BCUT2D eigenvalue weighted by Crippen LogP contribution is 2.23. The van der Waals surface area contributed by atoms with Crippen LogP contribution >= 0.6 is 0 Å². The van der Waals surface area contributed by atoms with Crippen molar-refractivity contribution in [2.24, 2.45) is 0 Å². The van der Waals surface area contributed by atoms with Gasteiger partial charge in [-0.15, -0.1) is 0 Å². The van der Waals surface area contributed by atoms with Gasteiger partial charge in [-0.3, -0.25) is 4.90 Å². The van der Waals surface area contributed by atoms with Gasteiger partial charge in [-0.2, -0.15) is 0 Å². The van der Waals surface area contributed by atoms with Gasteiger partial charge in [0.1, 0.15) is 0 Å². The molecule has 0 radical (unpaired) electrons. The number of rotatable bonds is 9. The van der Waals surface area contributed by atoms with Crippen LogP contribution in [0.15, 0.2) is 0 Å². The van der Waals surface area contributed by atoms with Crippen molar-refractivity contribution in [3.63, 3.8) is 0 Å². The van der Waals surface area contributed by atoms with Crippen LogP contribution in [0.5, 0.6) is 0 Å². The minimum absolute atomic E-state index is 0.145. The third kappa shape index (κ3) is 4.67. The SMILES string of the molecule is CCCNC(C)(CO)CC(C)N1CC(OC)C(OC)C1. The first-order chi connectivity index (χ1) is 9.49. The van der Waals surface area contributed by atoms with Gasteiger partial charge >= 0.3 is 0 Å². The number of aliphatic hydroxyl groups is 1. The van der Waals surface area contributed by atoms with Crippen LogP contribution in [0.3, 0.4) is 0 Å². The summed E-state index contributed by atoms with van der Waals surface area (Å²) >= 11 is 0. The summed E-state index contributed by atoms with van der Waals surface area (Å²) in [6.07, 6.45) is 2.28. The predicted molar refractivity (Wildman–Crippen MR) is 81.0 cm³/mol. The van der Waals surface area contributed by atoms with Crippen molar-refractivity contribution in [1.29, 1.82) is 0 Å². The molecule has 1 heterocycles. The van der Waals surface area contributed by atoms with Crippen molar-refractivity contribution in [3.8, 4) is 0 Å². The van der Waals surface area contributed by atoms with Gasteiger partial charge in [0, 0.05) is 38.9 Å². The normalized spacial score (nSPS) is 28.5. The van der Waals surface area contributed by atoms with Crippen molar-refractivity contribution < 1.29 is 14.6 Å². The molecule has 4 unspecified atom stereocenters. The van der Waals surface area contributed by atoms with E-state index in [9.17, 15) is 5.11 Å². The second-order valence-electron chi connectivity index (χ2n) is 6.20. The molecule has 0 bridgehead atoms. The summed E-state index contributed by atoms with van der Waals surface area (Å²) in [7, 11) is 3.48. The van der Waals surface area contributed by atoms with Gasteiger partial charge in [0.05, 0.1) is 18.8 Å². The monoisotopic (exact) mass is 288 g/mol. The van der Waals surface area contributed by atoms with Gasteiger partial charge in [-0.25, -0.2) is 0 Å². The van der Waals surface area contributed by atoms with Crippen LogP contribution in [0, 0.1) is 0 Å². The first-order valence-corrected chi connectivity index (χ1v) is 7.65. The molecule has 0 aliphatic carbocycles. The topological polar surface area (TPSA) is 54.0 Å². The Morgan fingerprint density at radius 1 is 1.30 bits per heavy atom. The number of ether oxygens (including phenoxy) is 2. The number of hydrogen-bond acceptors (Lipinski definition) is 5. The Kier molecular flexibility index (Phi) is 7.40. The Hall–Kier alpha value is -0.200.